The number of aromatic nitrogens is 2. The van der Waals surface area contributed by atoms with Gasteiger partial charge in [-0.3, -0.25) is 0 Å². The van der Waals surface area contributed by atoms with Gasteiger partial charge in [0.1, 0.15) is 12.1 Å². The van der Waals surface area contributed by atoms with Crippen LogP contribution >= 0.6 is 0 Å². The average Bonchev–Trinajstić information content (AvgIpc) is 2.37. The van der Waals surface area contributed by atoms with Gasteiger partial charge in [-0.15, -0.1) is 0 Å². The van der Waals surface area contributed by atoms with Crippen LogP contribution in [0.25, 0.3) is 0 Å². The van der Waals surface area contributed by atoms with E-state index in [0.717, 1.165) is 24.5 Å². The van der Waals surface area contributed by atoms with E-state index in [2.05, 4.69) is 41.3 Å². The summed E-state index contributed by atoms with van der Waals surface area (Å²) in [5, 5.41) is 3.25. The van der Waals surface area contributed by atoms with Gasteiger partial charge in [-0.25, -0.2) is 9.97 Å². The lowest BCUT2D eigenvalue weighted by molar-refractivity contribution is 0.427. The quantitative estimate of drug-likeness (QED) is 0.926. The standard InChI is InChI=1S/C16H19N3O/c1-11(2)12-4-3-5-14(6-12)20-16-7-15(18-10-19-16)13-8-17-9-13/h3-7,10-11,13,17H,8-9H2,1-2H3. The fourth-order valence-corrected chi connectivity index (χ4v) is 2.19. The van der Waals surface area contributed by atoms with E-state index < -0.39 is 0 Å². The minimum absolute atomic E-state index is 0.487. The highest BCUT2D eigenvalue weighted by molar-refractivity contribution is 5.33. The summed E-state index contributed by atoms with van der Waals surface area (Å²) in [4.78, 5) is 8.51. The Morgan fingerprint density at radius 1 is 1.20 bits per heavy atom. The second-order valence-electron chi connectivity index (χ2n) is 5.47. The Morgan fingerprint density at radius 2 is 2.05 bits per heavy atom. The average molecular weight is 269 g/mol. The van der Waals surface area contributed by atoms with E-state index in [-0.39, 0.29) is 0 Å². The molecule has 0 unspecified atom stereocenters. The first-order valence-corrected chi connectivity index (χ1v) is 7.03. The molecule has 0 radical (unpaired) electrons. The lowest BCUT2D eigenvalue weighted by Gasteiger charge is -2.26. The van der Waals surface area contributed by atoms with E-state index in [9.17, 15) is 0 Å². The predicted molar refractivity (Wildman–Crippen MR) is 78.2 cm³/mol. The number of benzene rings is 1. The van der Waals surface area contributed by atoms with Crippen LogP contribution in [-0.2, 0) is 0 Å². The summed E-state index contributed by atoms with van der Waals surface area (Å²) in [5.74, 6) is 2.42. The molecular weight excluding hydrogens is 250 g/mol. The number of rotatable bonds is 4. The molecule has 0 saturated carbocycles. The van der Waals surface area contributed by atoms with Crippen LogP contribution in [0.2, 0.25) is 0 Å². The second kappa shape index (κ2) is 5.59. The molecule has 1 fully saturated rings. The van der Waals surface area contributed by atoms with Gasteiger partial charge in [0.15, 0.2) is 0 Å². The molecule has 1 aromatic heterocycles. The minimum atomic E-state index is 0.487. The van der Waals surface area contributed by atoms with Gasteiger partial charge >= 0.3 is 0 Å². The van der Waals surface area contributed by atoms with Crippen LogP contribution in [0.3, 0.4) is 0 Å². The van der Waals surface area contributed by atoms with Crippen LogP contribution in [0.1, 0.15) is 36.9 Å². The maximum atomic E-state index is 5.86. The van der Waals surface area contributed by atoms with Crippen LogP contribution in [0, 0.1) is 0 Å². The molecule has 1 saturated heterocycles. The molecule has 2 heterocycles. The van der Waals surface area contributed by atoms with E-state index in [1.165, 1.54) is 5.56 Å². The Balaban J connectivity index is 1.78. The number of hydrogen-bond donors (Lipinski definition) is 1. The first kappa shape index (κ1) is 13.1. The molecule has 4 nitrogen and oxygen atoms in total. The zero-order valence-electron chi connectivity index (χ0n) is 11.8. The van der Waals surface area contributed by atoms with Crippen molar-refractivity contribution in [2.24, 2.45) is 0 Å². The lowest BCUT2D eigenvalue weighted by Crippen LogP contribution is -2.40. The molecule has 1 N–H and O–H groups in total. The molecule has 3 rings (SSSR count). The van der Waals surface area contributed by atoms with Gasteiger partial charge in [0.2, 0.25) is 5.88 Å². The van der Waals surface area contributed by atoms with Crippen LogP contribution in [-0.4, -0.2) is 23.1 Å². The van der Waals surface area contributed by atoms with E-state index in [0.29, 0.717) is 17.7 Å². The maximum absolute atomic E-state index is 5.86. The molecule has 1 aliphatic heterocycles. The summed E-state index contributed by atoms with van der Waals surface area (Å²) in [6.45, 7) is 6.32. The highest BCUT2D eigenvalue weighted by Crippen LogP contribution is 2.26. The Hall–Kier alpha value is -1.94. The third-order valence-corrected chi connectivity index (χ3v) is 3.61. The van der Waals surface area contributed by atoms with Crippen LogP contribution < -0.4 is 10.1 Å². The fraction of sp³-hybridized carbons (Fsp3) is 0.375. The first-order valence-electron chi connectivity index (χ1n) is 7.03. The molecule has 0 bridgehead atoms. The van der Waals surface area contributed by atoms with Gasteiger partial charge < -0.3 is 10.1 Å². The highest BCUT2D eigenvalue weighted by atomic mass is 16.5. The maximum Gasteiger partial charge on any atom is 0.222 e. The zero-order valence-corrected chi connectivity index (χ0v) is 11.8. The van der Waals surface area contributed by atoms with Gasteiger partial charge in [0, 0.05) is 25.1 Å². The van der Waals surface area contributed by atoms with Gasteiger partial charge in [-0.1, -0.05) is 26.0 Å². The van der Waals surface area contributed by atoms with Gasteiger partial charge in [-0.05, 0) is 23.6 Å². The van der Waals surface area contributed by atoms with Crippen molar-refractivity contribution >= 4 is 0 Å². The molecule has 2 aromatic rings. The molecule has 1 aromatic carbocycles. The largest absolute Gasteiger partial charge is 0.439 e. The van der Waals surface area contributed by atoms with E-state index in [1.54, 1.807) is 6.33 Å². The number of nitrogens with zero attached hydrogens (tertiary/aromatic N) is 2. The summed E-state index contributed by atoms with van der Waals surface area (Å²) in [6, 6.07) is 10.1. The van der Waals surface area contributed by atoms with Gasteiger partial charge in [0.25, 0.3) is 0 Å². The number of hydrogen-bond acceptors (Lipinski definition) is 4. The summed E-state index contributed by atoms with van der Waals surface area (Å²) in [5.41, 5.74) is 2.31. The van der Waals surface area contributed by atoms with Gasteiger partial charge in [0.05, 0.1) is 5.69 Å². The lowest BCUT2D eigenvalue weighted by atomic mass is 9.99. The third-order valence-electron chi connectivity index (χ3n) is 3.61. The van der Waals surface area contributed by atoms with Crippen molar-refractivity contribution in [3.63, 3.8) is 0 Å². The predicted octanol–water partition coefficient (Wildman–Crippen LogP) is 3.08. The van der Waals surface area contributed by atoms with Crippen LogP contribution in [0.4, 0.5) is 0 Å². The van der Waals surface area contributed by atoms with Gasteiger partial charge in [-0.2, -0.15) is 0 Å². The van der Waals surface area contributed by atoms with Crippen LogP contribution in [0.15, 0.2) is 36.7 Å². The van der Waals surface area contributed by atoms with Crippen molar-refractivity contribution in [3.05, 3.63) is 47.9 Å². The van der Waals surface area contributed by atoms with E-state index in [4.69, 9.17) is 4.74 Å². The SMILES string of the molecule is CC(C)c1cccc(Oc2cc(C3CNC3)ncn2)c1. The van der Waals surface area contributed by atoms with Crippen molar-refractivity contribution in [2.75, 3.05) is 13.1 Å². The molecule has 1 aliphatic rings. The van der Waals surface area contributed by atoms with E-state index >= 15 is 0 Å². The van der Waals surface area contributed by atoms with Crippen molar-refractivity contribution < 1.29 is 4.74 Å². The Bertz CT molecular complexity index is 594. The normalized spacial score (nSPS) is 15.2. The molecule has 104 valence electrons. The Kier molecular flexibility index (Phi) is 3.65. The molecule has 0 spiro atoms. The smallest absolute Gasteiger partial charge is 0.222 e. The van der Waals surface area contributed by atoms with Crippen molar-refractivity contribution in [1.29, 1.82) is 0 Å². The molecule has 20 heavy (non-hydrogen) atoms. The number of ether oxygens (including phenoxy) is 1. The Labute approximate surface area is 119 Å². The third kappa shape index (κ3) is 2.80. The topological polar surface area (TPSA) is 47.0 Å². The molecule has 0 atom stereocenters. The molecule has 4 heteroatoms. The van der Waals surface area contributed by atoms with Crippen molar-refractivity contribution in [3.8, 4) is 11.6 Å². The fourth-order valence-electron chi connectivity index (χ4n) is 2.19. The summed E-state index contributed by atoms with van der Waals surface area (Å²) in [6.07, 6.45) is 1.58. The minimum Gasteiger partial charge on any atom is -0.439 e. The van der Waals surface area contributed by atoms with Crippen molar-refractivity contribution in [1.82, 2.24) is 15.3 Å². The Morgan fingerprint density at radius 3 is 2.75 bits per heavy atom. The second-order valence-corrected chi connectivity index (χ2v) is 5.47. The first-order chi connectivity index (χ1) is 9.72. The van der Waals surface area contributed by atoms with Crippen LogP contribution in [0.5, 0.6) is 11.6 Å². The molecule has 0 amide bonds. The van der Waals surface area contributed by atoms with E-state index in [1.807, 2.05) is 18.2 Å². The molecular formula is C16H19N3O. The summed E-state index contributed by atoms with van der Waals surface area (Å²) >= 11 is 0. The zero-order chi connectivity index (χ0) is 13.9. The monoisotopic (exact) mass is 269 g/mol. The summed E-state index contributed by atoms with van der Waals surface area (Å²) < 4.78 is 5.86. The van der Waals surface area contributed by atoms with Crippen molar-refractivity contribution in [2.45, 2.75) is 25.7 Å². The number of nitrogens with one attached hydrogen (secondary N) is 1. The summed E-state index contributed by atoms with van der Waals surface area (Å²) in [7, 11) is 0. The highest BCUT2D eigenvalue weighted by Gasteiger charge is 2.20. The molecule has 0 aliphatic carbocycles.